The van der Waals surface area contributed by atoms with Crippen molar-refractivity contribution < 1.29 is 8.42 Å². The van der Waals surface area contributed by atoms with Crippen LogP contribution in [-0.2, 0) is 9.84 Å². The Morgan fingerprint density at radius 2 is 2.14 bits per heavy atom. The van der Waals surface area contributed by atoms with Gasteiger partial charge in [0.25, 0.3) is 0 Å². The minimum absolute atomic E-state index is 0.0435. The normalized spacial score (nSPS) is 10.9. The molecular formula is C9H8BrNO2S. The molecule has 0 aliphatic carbocycles. The monoisotopic (exact) mass is 273 g/mol. The van der Waals surface area contributed by atoms with Crippen LogP contribution >= 0.6 is 15.9 Å². The highest BCUT2D eigenvalue weighted by molar-refractivity contribution is 9.09. The van der Waals surface area contributed by atoms with Gasteiger partial charge in [0.2, 0.25) is 0 Å². The summed E-state index contributed by atoms with van der Waals surface area (Å²) in [6.45, 7) is 0. The number of nitriles is 1. The molecule has 0 aromatic heterocycles. The van der Waals surface area contributed by atoms with Gasteiger partial charge in [-0.3, -0.25) is 0 Å². The molecule has 1 aromatic rings. The molecule has 0 aliphatic rings. The summed E-state index contributed by atoms with van der Waals surface area (Å²) in [6.07, 6.45) is 0. The lowest BCUT2D eigenvalue weighted by Crippen LogP contribution is -2.07. The molecule has 0 unspecified atom stereocenters. The van der Waals surface area contributed by atoms with Crippen molar-refractivity contribution in [3.63, 3.8) is 0 Å². The number of hydrogen-bond donors (Lipinski definition) is 0. The predicted octanol–water partition coefficient (Wildman–Crippen LogP) is 1.73. The Morgan fingerprint density at radius 1 is 1.43 bits per heavy atom. The second-order valence-electron chi connectivity index (χ2n) is 2.65. The van der Waals surface area contributed by atoms with Gasteiger partial charge in [-0.15, -0.1) is 0 Å². The lowest BCUT2D eigenvalue weighted by molar-refractivity contribution is 0.597. The summed E-state index contributed by atoms with van der Waals surface area (Å²) in [6, 6.07) is 7.94. The van der Waals surface area contributed by atoms with Crippen LogP contribution in [0.25, 0.3) is 0 Å². The quantitative estimate of drug-likeness (QED) is 0.789. The van der Waals surface area contributed by atoms with Crippen molar-refractivity contribution in [1.29, 1.82) is 5.26 Å². The fourth-order valence-corrected chi connectivity index (χ4v) is 3.29. The lowest BCUT2D eigenvalue weighted by Gasteiger charge is -2.01. The summed E-state index contributed by atoms with van der Waals surface area (Å²) in [5.41, 5.74) is 0.362. The van der Waals surface area contributed by atoms with Crippen LogP contribution in [-0.4, -0.2) is 19.5 Å². The average molecular weight is 274 g/mol. The van der Waals surface area contributed by atoms with Gasteiger partial charge < -0.3 is 0 Å². The number of sulfone groups is 1. The molecule has 3 nitrogen and oxygen atoms in total. The Hall–Kier alpha value is -0.860. The molecule has 0 radical (unpaired) electrons. The smallest absolute Gasteiger partial charge is 0.179 e. The highest BCUT2D eigenvalue weighted by atomic mass is 79.9. The molecule has 0 amide bonds. The van der Waals surface area contributed by atoms with Crippen molar-refractivity contribution in [2.45, 2.75) is 4.90 Å². The number of halogens is 1. The molecule has 0 saturated carbocycles. The van der Waals surface area contributed by atoms with Crippen molar-refractivity contribution >= 4 is 25.8 Å². The first-order valence-corrected chi connectivity index (χ1v) is 6.66. The number of nitrogens with zero attached hydrogens (tertiary/aromatic N) is 1. The van der Waals surface area contributed by atoms with E-state index in [4.69, 9.17) is 5.26 Å². The van der Waals surface area contributed by atoms with Gasteiger partial charge in [-0.2, -0.15) is 5.26 Å². The van der Waals surface area contributed by atoms with Gasteiger partial charge in [-0.1, -0.05) is 22.0 Å². The number of rotatable bonds is 3. The van der Waals surface area contributed by atoms with Crippen LogP contribution in [0.5, 0.6) is 0 Å². The second kappa shape index (κ2) is 4.58. The third-order valence-electron chi connectivity index (χ3n) is 1.67. The first kappa shape index (κ1) is 11.2. The minimum Gasteiger partial charge on any atom is -0.224 e. The van der Waals surface area contributed by atoms with E-state index in [1.807, 2.05) is 6.07 Å². The Morgan fingerprint density at radius 3 is 2.71 bits per heavy atom. The molecule has 14 heavy (non-hydrogen) atoms. The molecule has 5 heteroatoms. The van der Waals surface area contributed by atoms with E-state index in [2.05, 4.69) is 15.9 Å². The molecule has 1 aromatic carbocycles. The van der Waals surface area contributed by atoms with E-state index in [0.29, 0.717) is 10.9 Å². The van der Waals surface area contributed by atoms with Gasteiger partial charge in [-0.05, 0) is 18.2 Å². The van der Waals surface area contributed by atoms with Gasteiger partial charge in [-0.25, -0.2) is 8.42 Å². The summed E-state index contributed by atoms with van der Waals surface area (Å²) in [7, 11) is -3.24. The van der Waals surface area contributed by atoms with Crippen LogP contribution in [0.2, 0.25) is 0 Å². The highest BCUT2D eigenvalue weighted by Crippen LogP contribution is 2.13. The SMILES string of the molecule is N#Cc1cccc(S(=O)(=O)CCBr)c1. The molecule has 74 valence electrons. The lowest BCUT2D eigenvalue weighted by atomic mass is 10.2. The van der Waals surface area contributed by atoms with E-state index in [1.54, 1.807) is 12.1 Å². The van der Waals surface area contributed by atoms with Crippen molar-refractivity contribution in [2.24, 2.45) is 0 Å². The van der Waals surface area contributed by atoms with E-state index in [1.165, 1.54) is 12.1 Å². The van der Waals surface area contributed by atoms with Crippen molar-refractivity contribution in [3.8, 4) is 6.07 Å². The molecule has 0 aliphatic heterocycles. The van der Waals surface area contributed by atoms with E-state index >= 15 is 0 Å². The van der Waals surface area contributed by atoms with Crippen molar-refractivity contribution in [1.82, 2.24) is 0 Å². The summed E-state index contributed by atoms with van der Waals surface area (Å²) < 4.78 is 23.1. The maximum absolute atomic E-state index is 11.6. The minimum atomic E-state index is -3.24. The van der Waals surface area contributed by atoms with E-state index in [0.717, 1.165) is 0 Å². The molecule has 0 bridgehead atoms. The maximum atomic E-state index is 11.6. The van der Waals surface area contributed by atoms with Gasteiger partial charge >= 0.3 is 0 Å². The highest BCUT2D eigenvalue weighted by Gasteiger charge is 2.13. The summed E-state index contributed by atoms with van der Waals surface area (Å²) in [5.74, 6) is 0.0435. The predicted molar refractivity (Wildman–Crippen MR) is 57.0 cm³/mol. The van der Waals surface area contributed by atoms with E-state index < -0.39 is 9.84 Å². The average Bonchev–Trinajstić information content (AvgIpc) is 2.18. The molecule has 0 saturated heterocycles. The standard InChI is InChI=1S/C9H8BrNO2S/c10-4-5-14(12,13)9-3-1-2-8(6-9)7-11/h1-3,6H,4-5H2. The van der Waals surface area contributed by atoms with Crippen LogP contribution in [0.3, 0.4) is 0 Å². The molecule has 0 heterocycles. The zero-order valence-electron chi connectivity index (χ0n) is 7.27. The van der Waals surface area contributed by atoms with Crippen LogP contribution in [0.15, 0.2) is 29.2 Å². The van der Waals surface area contributed by atoms with E-state index in [-0.39, 0.29) is 10.6 Å². The Labute approximate surface area is 91.4 Å². The van der Waals surface area contributed by atoms with Crippen LogP contribution in [0, 0.1) is 11.3 Å². The summed E-state index contributed by atoms with van der Waals surface area (Å²) >= 11 is 3.07. The first-order valence-electron chi connectivity index (χ1n) is 3.89. The largest absolute Gasteiger partial charge is 0.224 e. The fourth-order valence-electron chi connectivity index (χ4n) is 0.979. The molecule has 0 spiro atoms. The Bertz CT molecular complexity index is 462. The fraction of sp³-hybridized carbons (Fsp3) is 0.222. The Balaban J connectivity index is 3.15. The van der Waals surface area contributed by atoms with Crippen LogP contribution in [0.1, 0.15) is 5.56 Å². The van der Waals surface area contributed by atoms with Crippen molar-refractivity contribution in [2.75, 3.05) is 11.1 Å². The third-order valence-corrected chi connectivity index (χ3v) is 4.30. The van der Waals surface area contributed by atoms with Gasteiger partial charge in [0.15, 0.2) is 9.84 Å². The molecule has 1 rings (SSSR count). The van der Waals surface area contributed by atoms with Crippen molar-refractivity contribution in [3.05, 3.63) is 29.8 Å². The zero-order chi connectivity index (χ0) is 10.6. The molecular weight excluding hydrogens is 266 g/mol. The topological polar surface area (TPSA) is 57.9 Å². The van der Waals surface area contributed by atoms with Gasteiger partial charge in [0, 0.05) is 5.33 Å². The van der Waals surface area contributed by atoms with Gasteiger partial charge in [0.05, 0.1) is 22.3 Å². The van der Waals surface area contributed by atoms with Gasteiger partial charge in [0.1, 0.15) is 0 Å². The summed E-state index contributed by atoms with van der Waals surface area (Å²) in [5, 5.41) is 9.00. The number of alkyl halides is 1. The number of hydrogen-bond acceptors (Lipinski definition) is 3. The van der Waals surface area contributed by atoms with Crippen LogP contribution in [0.4, 0.5) is 0 Å². The van der Waals surface area contributed by atoms with E-state index in [9.17, 15) is 8.42 Å². The molecule has 0 N–H and O–H groups in total. The Kier molecular flexibility index (Phi) is 3.67. The summed E-state index contributed by atoms with van der Waals surface area (Å²) in [4.78, 5) is 0.205. The molecule has 0 fully saturated rings. The second-order valence-corrected chi connectivity index (χ2v) is 5.55. The molecule has 0 atom stereocenters. The number of benzene rings is 1. The maximum Gasteiger partial charge on any atom is 0.179 e. The third kappa shape index (κ3) is 2.56. The zero-order valence-corrected chi connectivity index (χ0v) is 9.68. The first-order chi connectivity index (χ1) is 6.60. The van der Waals surface area contributed by atoms with Crippen LogP contribution < -0.4 is 0 Å².